The molecule has 0 saturated heterocycles. The van der Waals surface area contributed by atoms with E-state index in [-0.39, 0.29) is 5.76 Å². The Morgan fingerprint density at radius 3 is 2.35 bits per heavy atom. The molecule has 1 heterocycles. The summed E-state index contributed by atoms with van der Waals surface area (Å²) in [6.07, 6.45) is 0.781. The minimum absolute atomic E-state index is 0.133. The maximum Gasteiger partial charge on any atom is 0.348 e. The van der Waals surface area contributed by atoms with E-state index in [0.29, 0.717) is 11.3 Å². The van der Waals surface area contributed by atoms with Crippen LogP contribution in [0.15, 0.2) is 71.3 Å². The number of hydrogen-bond acceptors (Lipinski definition) is 4. The summed E-state index contributed by atoms with van der Waals surface area (Å²) in [5, 5.41) is 10.2. The van der Waals surface area contributed by atoms with Crippen LogP contribution in [0.3, 0.4) is 0 Å². The van der Waals surface area contributed by atoms with Crippen molar-refractivity contribution in [1.29, 1.82) is 0 Å². The number of aryl methyl sites for hydroxylation is 1. The van der Waals surface area contributed by atoms with Crippen molar-refractivity contribution in [2.24, 2.45) is 0 Å². The Balaban J connectivity index is 1.62. The van der Waals surface area contributed by atoms with Gasteiger partial charge in [-0.1, -0.05) is 60.7 Å². The molecule has 0 aliphatic carbocycles. The van der Waals surface area contributed by atoms with Crippen molar-refractivity contribution < 1.29 is 14.6 Å². The Hall–Kier alpha value is -2.20. The average Bonchev–Trinajstić information content (AvgIpc) is 2.59. The van der Waals surface area contributed by atoms with Crippen LogP contribution < -0.4 is 0 Å². The minimum atomic E-state index is -0.430. The van der Waals surface area contributed by atoms with Crippen LogP contribution in [0.4, 0.5) is 0 Å². The molecule has 1 atom stereocenters. The molecule has 0 radical (unpaired) electrons. The monoisotopic (exact) mass is 326 g/mol. The van der Waals surface area contributed by atoms with Gasteiger partial charge >= 0.3 is 5.97 Å². The quantitative estimate of drug-likeness (QED) is 0.826. The van der Waals surface area contributed by atoms with E-state index in [0.717, 1.165) is 17.7 Å². The van der Waals surface area contributed by atoms with Gasteiger partial charge in [-0.25, -0.2) is 4.79 Å². The van der Waals surface area contributed by atoms with Crippen LogP contribution in [0.5, 0.6) is 0 Å². The number of rotatable bonds is 5. The van der Waals surface area contributed by atoms with E-state index in [1.807, 2.05) is 48.5 Å². The van der Waals surface area contributed by atoms with Gasteiger partial charge in [0.1, 0.15) is 16.8 Å². The largest absolute Gasteiger partial charge is 0.511 e. The Bertz CT molecular complexity index is 695. The van der Waals surface area contributed by atoms with Crippen LogP contribution in [0.25, 0.3) is 0 Å². The second-order valence-corrected chi connectivity index (χ2v) is 6.47. The Kier molecular flexibility index (Phi) is 5.03. The predicted octanol–water partition coefficient (Wildman–Crippen LogP) is 4.42. The first-order chi connectivity index (χ1) is 11.2. The molecule has 1 N–H and O–H groups in total. The number of carbonyl (C=O) groups is 1. The van der Waals surface area contributed by atoms with Gasteiger partial charge in [-0.2, -0.15) is 0 Å². The first-order valence-electron chi connectivity index (χ1n) is 7.59. The molecule has 2 aromatic carbocycles. The standard InChI is InChI=1S/C19H18O3S/c20-16-13-17(15-9-5-2-6-10-15)22-19(21)18(16)23-12-11-14-7-3-1-4-8-14/h1-10,17,20H,11-13H2. The van der Waals surface area contributed by atoms with E-state index in [1.165, 1.54) is 17.3 Å². The highest BCUT2D eigenvalue weighted by Gasteiger charge is 2.30. The van der Waals surface area contributed by atoms with Gasteiger partial charge < -0.3 is 9.84 Å². The summed E-state index contributed by atoms with van der Waals surface area (Å²) < 4.78 is 5.48. The van der Waals surface area contributed by atoms with Crippen LogP contribution in [0, 0.1) is 0 Å². The van der Waals surface area contributed by atoms with Crippen LogP contribution in [-0.2, 0) is 16.0 Å². The highest BCUT2D eigenvalue weighted by Crippen LogP contribution is 2.35. The van der Waals surface area contributed by atoms with Crippen molar-refractivity contribution in [2.75, 3.05) is 5.75 Å². The van der Waals surface area contributed by atoms with Gasteiger partial charge in [0, 0.05) is 12.2 Å². The van der Waals surface area contributed by atoms with E-state index in [4.69, 9.17) is 4.74 Å². The molecule has 0 spiro atoms. The van der Waals surface area contributed by atoms with Crippen molar-refractivity contribution >= 4 is 17.7 Å². The van der Waals surface area contributed by atoms with Crippen LogP contribution >= 0.6 is 11.8 Å². The van der Waals surface area contributed by atoms with Gasteiger partial charge in [0.15, 0.2) is 0 Å². The average molecular weight is 326 g/mol. The lowest BCUT2D eigenvalue weighted by molar-refractivity contribution is -0.146. The number of benzene rings is 2. The highest BCUT2D eigenvalue weighted by atomic mass is 32.2. The number of carbonyl (C=O) groups excluding carboxylic acids is 1. The highest BCUT2D eigenvalue weighted by molar-refractivity contribution is 8.04. The number of aliphatic hydroxyl groups excluding tert-OH is 1. The summed E-state index contributed by atoms with van der Waals surface area (Å²) in [6.45, 7) is 0. The molecular formula is C19H18O3S. The molecule has 0 fully saturated rings. The number of cyclic esters (lactones) is 1. The van der Waals surface area contributed by atoms with Gasteiger partial charge in [-0.05, 0) is 17.5 Å². The van der Waals surface area contributed by atoms with E-state index < -0.39 is 12.1 Å². The fourth-order valence-corrected chi connectivity index (χ4v) is 3.48. The maximum absolute atomic E-state index is 12.2. The van der Waals surface area contributed by atoms with Crippen molar-refractivity contribution in [3.8, 4) is 0 Å². The molecule has 3 rings (SSSR count). The van der Waals surface area contributed by atoms with Gasteiger partial charge in [0.25, 0.3) is 0 Å². The zero-order valence-electron chi connectivity index (χ0n) is 12.6. The predicted molar refractivity (Wildman–Crippen MR) is 92.2 cm³/mol. The van der Waals surface area contributed by atoms with Crippen LogP contribution in [-0.4, -0.2) is 16.8 Å². The summed E-state index contributed by atoms with van der Waals surface area (Å²) >= 11 is 1.36. The molecule has 4 heteroatoms. The number of ether oxygens (including phenoxy) is 1. The lowest BCUT2D eigenvalue weighted by atomic mass is 10.0. The molecule has 118 valence electrons. The number of esters is 1. The molecular weight excluding hydrogens is 308 g/mol. The normalized spacial score (nSPS) is 17.9. The third kappa shape index (κ3) is 3.96. The van der Waals surface area contributed by atoms with E-state index in [9.17, 15) is 9.90 Å². The SMILES string of the molecule is O=C1OC(c2ccccc2)CC(O)=C1SCCc1ccccc1. The molecule has 1 aliphatic rings. The zero-order valence-corrected chi connectivity index (χ0v) is 13.5. The Morgan fingerprint density at radius 1 is 1.04 bits per heavy atom. The second kappa shape index (κ2) is 7.38. The summed E-state index contributed by atoms with van der Waals surface area (Å²) in [5.41, 5.74) is 2.12. The fourth-order valence-electron chi connectivity index (χ4n) is 2.52. The molecule has 0 aromatic heterocycles. The third-order valence-electron chi connectivity index (χ3n) is 3.73. The molecule has 0 amide bonds. The smallest absolute Gasteiger partial charge is 0.348 e. The number of thioether (sulfide) groups is 1. The topological polar surface area (TPSA) is 46.5 Å². The Labute approximate surface area is 140 Å². The van der Waals surface area contributed by atoms with Crippen molar-refractivity contribution in [3.63, 3.8) is 0 Å². The lowest BCUT2D eigenvalue weighted by Gasteiger charge is -2.24. The van der Waals surface area contributed by atoms with Crippen LogP contribution in [0.2, 0.25) is 0 Å². The molecule has 0 bridgehead atoms. The first kappa shape index (κ1) is 15.7. The maximum atomic E-state index is 12.2. The van der Waals surface area contributed by atoms with Crippen molar-refractivity contribution in [1.82, 2.24) is 0 Å². The van der Waals surface area contributed by atoms with Gasteiger partial charge in [0.05, 0.1) is 0 Å². The molecule has 1 unspecified atom stereocenters. The zero-order chi connectivity index (χ0) is 16.1. The summed E-state index contributed by atoms with van der Waals surface area (Å²) in [6, 6.07) is 19.6. The third-order valence-corrected chi connectivity index (χ3v) is 4.83. The van der Waals surface area contributed by atoms with E-state index in [1.54, 1.807) is 0 Å². The molecule has 1 aliphatic heterocycles. The number of hydrogen-bond donors (Lipinski definition) is 1. The summed E-state index contributed by atoms with van der Waals surface area (Å²) in [7, 11) is 0. The number of aliphatic hydroxyl groups is 1. The molecule has 0 saturated carbocycles. The summed E-state index contributed by atoms with van der Waals surface area (Å²) in [5.74, 6) is 0.433. The fraction of sp³-hybridized carbons (Fsp3) is 0.211. The molecule has 23 heavy (non-hydrogen) atoms. The van der Waals surface area contributed by atoms with Crippen LogP contribution in [0.1, 0.15) is 23.7 Å². The van der Waals surface area contributed by atoms with Gasteiger partial charge in [-0.3, -0.25) is 0 Å². The van der Waals surface area contributed by atoms with Crippen molar-refractivity contribution in [3.05, 3.63) is 82.5 Å². The van der Waals surface area contributed by atoms with E-state index in [2.05, 4.69) is 12.1 Å². The lowest BCUT2D eigenvalue weighted by Crippen LogP contribution is -2.20. The Morgan fingerprint density at radius 2 is 1.70 bits per heavy atom. The first-order valence-corrected chi connectivity index (χ1v) is 8.57. The van der Waals surface area contributed by atoms with E-state index >= 15 is 0 Å². The summed E-state index contributed by atoms with van der Waals surface area (Å²) in [4.78, 5) is 12.5. The van der Waals surface area contributed by atoms with Gasteiger partial charge in [-0.15, -0.1) is 11.8 Å². The van der Waals surface area contributed by atoms with Crippen molar-refractivity contribution in [2.45, 2.75) is 18.9 Å². The van der Waals surface area contributed by atoms with Gasteiger partial charge in [0.2, 0.25) is 0 Å². The molecule has 2 aromatic rings. The minimum Gasteiger partial charge on any atom is -0.511 e. The second-order valence-electron chi connectivity index (χ2n) is 5.37. The molecule has 3 nitrogen and oxygen atoms in total.